The Morgan fingerprint density at radius 3 is 1.19 bits per heavy atom. The van der Waals surface area contributed by atoms with Crippen molar-refractivity contribution >= 4 is 73.8 Å². The molecule has 0 aliphatic heterocycles. The van der Waals surface area contributed by atoms with Gasteiger partial charge in [-0.15, -0.1) is 0 Å². The van der Waals surface area contributed by atoms with Gasteiger partial charge >= 0.3 is 0 Å². The summed E-state index contributed by atoms with van der Waals surface area (Å²) in [6.07, 6.45) is 0. The topological polar surface area (TPSA) is 0 Å². The van der Waals surface area contributed by atoms with Crippen LogP contribution in [0.2, 0.25) is 0 Å². The van der Waals surface area contributed by atoms with Gasteiger partial charge in [-0.2, -0.15) is 0 Å². The number of rotatable bonds is 6. The number of fused-ring (bicyclic) bond motifs is 5. The van der Waals surface area contributed by atoms with E-state index in [2.05, 4.69) is 218 Å². The molecule has 0 spiro atoms. The predicted molar refractivity (Wildman–Crippen MR) is 250 cm³/mol. The highest BCUT2D eigenvalue weighted by molar-refractivity contribution is 6.67. The Hall–Kier alpha value is -7.06. The van der Waals surface area contributed by atoms with Crippen molar-refractivity contribution in [1.82, 2.24) is 0 Å². The van der Waals surface area contributed by atoms with Crippen LogP contribution >= 0.6 is 0 Å². The lowest BCUT2D eigenvalue weighted by atomic mass is 9.84. The van der Waals surface area contributed by atoms with Gasteiger partial charge in [0.05, 0.1) is 9.52 Å². The van der Waals surface area contributed by atoms with Crippen LogP contribution in [0.25, 0.3) is 98.4 Å². The molecule has 0 aliphatic rings. The van der Waals surface area contributed by atoms with Crippen molar-refractivity contribution < 1.29 is 0 Å². The van der Waals surface area contributed by atoms with Gasteiger partial charge in [-0.25, -0.2) is 0 Å². The van der Waals surface area contributed by atoms with Gasteiger partial charge in [0.1, 0.15) is 0 Å². The molecule has 1 heteroatoms. The van der Waals surface area contributed by atoms with Crippen LogP contribution in [-0.4, -0.2) is 9.52 Å². The Balaban J connectivity index is 1.22. The molecule has 57 heavy (non-hydrogen) atoms. The summed E-state index contributed by atoms with van der Waals surface area (Å²) < 4.78 is 0. The van der Waals surface area contributed by atoms with Gasteiger partial charge in [0, 0.05) is 0 Å². The Bertz CT molecular complexity index is 3220. The number of hydrogen-bond acceptors (Lipinski definition) is 0. The minimum Gasteiger partial charge on any atom is -0.0633 e. The van der Waals surface area contributed by atoms with Crippen molar-refractivity contribution in [1.29, 1.82) is 0 Å². The van der Waals surface area contributed by atoms with E-state index in [4.69, 9.17) is 0 Å². The maximum Gasteiger partial charge on any atom is 0.0875 e. The minimum atomic E-state index is -0.712. The second-order valence-electron chi connectivity index (χ2n) is 15.3. The van der Waals surface area contributed by atoms with Gasteiger partial charge in [0.15, 0.2) is 0 Å². The zero-order valence-corrected chi connectivity index (χ0v) is 32.9. The van der Waals surface area contributed by atoms with E-state index >= 15 is 0 Å². The van der Waals surface area contributed by atoms with Crippen LogP contribution in [0.15, 0.2) is 218 Å². The monoisotopic (exact) mass is 738 g/mol. The molecule has 0 bridgehead atoms. The van der Waals surface area contributed by atoms with Crippen LogP contribution in [-0.2, 0) is 0 Å². The van der Waals surface area contributed by atoms with Crippen LogP contribution in [0.4, 0.5) is 0 Å². The van der Waals surface area contributed by atoms with E-state index in [1.54, 1.807) is 0 Å². The molecule has 266 valence electrons. The molecular formula is C56H38Si. The molecule has 0 nitrogen and oxygen atoms in total. The van der Waals surface area contributed by atoms with E-state index < -0.39 is 9.52 Å². The molecular weight excluding hydrogens is 701 g/mol. The molecule has 0 aromatic heterocycles. The molecule has 11 rings (SSSR count). The first-order valence-corrected chi connectivity index (χ1v) is 21.3. The molecule has 0 aliphatic carbocycles. The molecule has 11 aromatic rings. The Morgan fingerprint density at radius 2 is 0.632 bits per heavy atom. The largest absolute Gasteiger partial charge is 0.0875 e. The molecule has 0 N–H and O–H groups in total. The Kier molecular flexibility index (Phi) is 8.12. The minimum absolute atomic E-state index is 0.712. The van der Waals surface area contributed by atoms with Crippen molar-refractivity contribution in [3.63, 3.8) is 0 Å². The van der Waals surface area contributed by atoms with Crippen molar-refractivity contribution in [2.75, 3.05) is 0 Å². The van der Waals surface area contributed by atoms with Crippen LogP contribution in [0.3, 0.4) is 0 Å². The zero-order chi connectivity index (χ0) is 37.7. The van der Waals surface area contributed by atoms with Crippen LogP contribution in [0.5, 0.6) is 0 Å². The fourth-order valence-electron chi connectivity index (χ4n) is 8.98. The summed E-state index contributed by atoms with van der Waals surface area (Å²) in [5, 5.41) is 15.5. The molecule has 0 fully saturated rings. The van der Waals surface area contributed by atoms with Crippen molar-refractivity contribution in [3.05, 3.63) is 218 Å². The smallest absolute Gasteiger partial charge is 0.0633 e. The van der Waals surface area contributed by atoms with Gasteiger partial charge < -0.3 is 0 Å². The third-order valence-corrected chi connectivity index (χ3v) is 13.5. The molecule has 0 atom stereocenters. The molecule has 11 aromatic carbocycles. The van der Waals surface area contributed by atoms with E-state index in [1.807, 2.05) is 0 Å². The predicted octanol–water partition coefficient (Wildman–Crippen LogP) is 13.2. The average molecular weight is 739 g/mol. The highest BCUT2D eigenvalue weighted by Gasteiger charge is 2.19. The zero-order valence-electron chi connectivity index (χ0n) is 31.5. The Morgan fingerprint density at radius 1 is 0.211 bits per heavy atom. The van der Waals surface area contributed by atoms with Gasteiger partial charge in [0.2, 0.25) is 0 Å². The third-order valence-electron chi connectivity index (χ3n) is 11.8. The molecule has 0 radical (unpaired) electrons. The summed E-state index contributed by atoms with van der Waals surface area (Å²) in [4.78, 5) is 0. The van der Waals surface area contributed by atoms with E-state index in [1.165, 1.54) is 109 Å². The van der Waals surface area contributed by atoms with Crippen LogP contribution in [0, 0.1) is 0 Å². The first kappa shape index (κ1) is 33.3. The fraction of sp³-hybridized carbons (Fsp3) is 0. The normalized spacial score (nSPS) is 11.8. The first-order chi connectivity index (χ1) is 28.2. The summed E-state index contributed by atoms with van der Waals surface area (Å²) in [5.74, 6) is 0. The molecule has 0 saturated carbocycles. The highest BCUT2D eigenvalue weighted by atomic mass is 28.2. The van der Waals surface area contributed by atoms with Crippen molar-refractivity contribution in [2.24, 2.45) is 0 Å². The first-order valence-electron chi connectivity index (χ1n) is 19.9. The van der Waals surface area contributed by atoms with E-state index in [-0.39, 0.29) is 0 Å². The SMILES string of the molecule is c1ccc([SiH2]c2ccc3c(-c4ccc5ccccc5c4)c4ccccc4c(-c4cc(-c5ccc6ccccc6c5)cc(-c5ccc6ccccc6c5)c4)c3c2)cc1. The lowest BCUT2D eigenvalue weighted by Gasteiger charge is -2.20. The highest BCUT2D eigenvalue weighted by Crippen LogP contribution is 2.46. The number of benzene rings is 11. The lowest BCUT2D eigenvalue weighted by Crippen LogP contribution is -2.26. The fourth-order valence-corrected chi connectivity index (χ4v) is 10.5. The summed E-state index contributed by atoms with van der Waals surface area (Å²) >= 11 is 0. The van der Waals surface area contributed by atoms with Crippen molar-refractivity contribution in [2.45, 2.75) is 0 Å². The summed E-state index contributed by atoms with van der Waals surface area (Å²) in [6.45, 7) is 0. The summed E-state index contributed by atoms with van der Waals surface area (Å²) in [5.41, 5.74) is 9.93. The molecule has 0 amide bonds. The van der Waals surface area contributed by atoms with Gasteiger partial charge in [-0.3, -0.25) is 0 Å². The quantitative estimate of drug-likeness (QED) is 0.118. The van der Waals surface area contributed by atoms with E-state index in [9.17, 15) is 0 Å². The maximum absolute atomic E-state index is 2.53. The van der Waals surface area contributed by atoms with Gasteiger partial charge in [0.25, 0.3) is 0 Å². The molecule has 0 unspecified atom stereocenters. The van der Waals surface area contributed by atoms with E-state index in [0.29, 0.717) is 0 Å². The Labute approximate surface area is 335 Å². The average Bonchev–Trinajstić information content (AvgIpc) is 3.28. The lowest BCUT2D eigenvalue weighted by molar-refractivity contribution is 1.60. The second kappa shape index (κ2) is 13.9. The molecule has 0 heterocycles. The van der Waals surface area contributed by atoms with Crippen molar-refractivity contribution in [3.8, 4) is 44.5 Å². The van der Waals surface area contributed by atoms with Crippen LogP contribution in [0.1, 0.15) is 0 Å². The maximum atomic E-state index is 2.53. The standard InChI is InChI=1S/C56H38Si/c1-2-18-49(19-3-1)57-50-28-29-53-54(36-50)56(52-21-11-10-20-51(52)55(53)45-27-24-39-14-6-9-17-42(39)32-45)48-34-46(43-25-22-37-12-4-7-15-40(37)30-43)33-47(35-48)44-26-23-38-13-5-8-16-41(38)31-44/h1-36H,57H2. The van der Waals surface area contributed by atoms with Crippen LogP contribution < -0.4 is 10.4 Å². The summed E-state index contributed by atoms with van der Waals surface area (Å²) in [7, 11) is -0.712. The second-order valence-corrected chi connectivity index (χ2v) is 17.3. The van der Waals surface area contributed by atoms with Gasteiger partial charge in [-0.1, -0.05) is 192 Å². The van der Waals surface area contributed by atoms with Gasteiger partial charge in [-0.05, 0) is 135 Å². The van der Waals surface area contributed by atoms with E-state index in [0.717, 1.165) is 0 Å². The molecule has 0 saturated heterocycles. The summed E-state index contributed by atoms with van der Waals surface area (Å²) in [6, 6.07) is 81.5. The third kappa shape index (κ3) is 6.10. The number of hydrogen-bond donors (Lipinski definition) is 0.